The van der Waals surface area contributed by atoms with Crippen molar-refractivity contribution in [2.75, 3.05) is 22.9 Å². The summed E-state index contributed by atoms with van der Waals surface area (Å²) in [6, 6.07) is 27.7. The van der Waals surface area contributed by atoms with Crippen LogP contribution in [0.2, 0.25) is 0 Å². The molecule has 0 fully saturated rings. The molecule has 0 aliphatic carbocycles. The average Bonchev–Trinajstić information content (AvgIpc) is 2.95. The fourth-order valence-electron chi connectivity index (χ4n) is 5.24. The molecular weight excluding hydrogens is 488 g/mol. The number of fused-ring (bicyclic) bond motifs is 2. The van der Waals surface area contributed by atoms with Gasteiger partial charge in [-0.1, -0.05) is 60.7 Å². The number of aliphatic carboxylic acids is 1. The van der Waals surface area contributed by atoms with Crippen molar-refractivity contribution in [3.63, 3.8) is 0 Å². The fourth-order valence-corrected chi connectivity index (χ4v) is 5.24. The van der Waals surface area contributed by atoms with Crippen molar-refractivity contribution >= 4 is 39.9 Å². The highest BCUT2D eigenvalue weighted by Gasteiger charge is 2.24. The van der Waals surface area contributed by atoms with Gasteiger partial charge in [0.25, 0.3) is 0 Å². The zero-order valence-corrected chi connectivity index (χ0v) is 21.8. The average molecular weight is 521 g/mol. The summed E-state index contributed by atoms with van der Waals surface area (Å²) in [5, 5.41) is 19.4. The maximum absolute atomic E-state index is 13.2. The Labute approximate surface area is 228 Å². The summed E-state index contributed by atoms with van der Waals surface area (Å²) in [4.78, 5) is 28.7. The third-order valence-corrected chi connectivity index (χ3v) is 7.25. The first-order valence-corrected chi connectivity index (χ1v) is 13.2. The predicted octanol–water partition coefficient (Wildman–Crippen LogP) is 5.13. The molecule has 5 rings (SSSR count). The third kappa shape index (κ3) is 6.09. The van der Waals surface area contributed by atoms with Crippen LogP contribution in [-0.2, 0) is 29.0 Å². The van der Waals surface area contributed by atoms with Crippen molar-refractivity contribution in [2.24, 2.45) is 5.73 Å². The topological polar surface area (TPSA) is 111 Å². The molecule has 0 spiro atoms. The number of nitrogens with one attached hydrogen (secondary N) is 1. The number of nitrogens with two attached hydrogens (primary N) is 1. The molecule has 7 nitrogen and oxygen atoms in total. The Morgan fingerprint density at radius 3 is 2.41 bits per heavy atom. The number of amidine groups is 1. The van der Waals surface area contributed by atoms with Crippen LogP contribution in [0.15, 0.2) is 84.9 Å². The monoisotopic (exact) mass is 520 g/mol. The summed E-state index contributed by atoms with van der Waals surface area (Å²) in [6.45, 7) is 1.03. The van der Waals surface area contributed by atoms with Gasteiger partial charge in [0.1, 0.15) is 12.4 Å². The Kier molecular flexibility index (Phi) is 7.59. The van der Waals surface area contributed by atoms with E-state index in [2.05, 4.69) is 24.3 Å². The van der Waals surface area contributed by atoms with Gasteiger partial charge in [-0.05, 0) is 71.0 Å². The molecule has 0 saturated carbocycles. The molecule has 1 aliphatic rings. The van der Waals surface area contributed by atoms with Gasteiger partial charge in [0.15, 0.2) is 0 Å². The molecule has 0 radical (unpaired) electrons. The third-order valence-electron chi connectivity index (χ3n) is 7.25. The van der Waals surface area contributed by atoms with Crippen LogP contribution in [0.1, 0.15) is 35.1 Å². The minimum absolute atomic E-state index is 0.0288. The summed E-state index contributed by atoms with van der Waals surface area (Å²) >= 11 is 0. The first kappa shape index (κ1) is 26.0. The van der Waals surface area contributed by atoms with Gasteiger partial charge in [-0.2, -0.15) is 0 Å². The van der Waals surface area contributed by atoms with E-state index in [4.69, 9.17) is 11.1 Å². The number of amides is 1. The van der Waals surface area contributed by atoms with Crippen LogP contribution in [0.25, 0.3) is 10.8 Å². The van der Waals surface area contributed by atoms with Crippen LogP contribution in [0, 0.1) is 5.41 Å². The minimum atomic E-state index is -0.887. The molecule has 0 unspecified atom stereocenters. The van der Waals surface area contributed by atoms with Gasteiger partial charge in [0, 0.05) is 36.4 Å². The molecule has 0 saturated heterocycles. The lowest BCUT2D eigenvalue weighted by Gasteiger charge is -2.31. The van der Waals surface area contributed by atoms with E-state index in [1.54, 1.807) is 12.1 Å². The van der Waals surface area contributed by atoms with E-state index in [0.717, 1.165) is 51.7 Å². The van der Waals surface area contributed by atoms with E-state index in [9.17, 15) is 14.7 Å². The number of carbonyl (C=O) groups excluding carboxylic acids is 1. The van der Waals surface area contributed by atoms with E-state index >= 15 is 0 Å². The lowest BCUT2D eigenvalue weighted by Crippen LogP contribution is -2.36. The quantitative estimate of drug-likeness (QED) is 0.209. The van der Waals surface area contributed by atoms with Crippen molar-refractivity contribution in [3.8, 4) is 0 Å². The maximum Gasteiger partial charge on any atom is 0.323 e. The first-order chi connectivity index (χ1) is 18.9. The molecular formula is C32H32N4O3. The number of carboxylic acids is 1. The van der Waals surface area contributed by atoms with Crippen molar-refractivity contribution in [2.45, 2.75) is 32.2 Å². The molecule has 0 aromatic heterocycles. The Bertz CT molecular complexity index is 1530. The van der Waals surface area contributed by atoms with E-state index in [1.165, 1.54) is 0 Å². The second-order valence-corrected chi connectivity index (χ2v) is 10.0. The van der Waals surface area contributed by atoms with E-state index in [0.29, 0.717) is 31.5 Å². The number of carboxylic acid groups (broad SMARTS) is 1. The summed E-state index contributed by atoms with van der Waals surface area (Å²) in [7, 11) is 0. The number of carbonyl (C=O) groups is 2. The molecule has 0 atom stereocenters. The zero-order chi connectivity index (χ0) is 27.4. The van der Waals surface area contributed by atoms with Gasteiger partial charge in [-0.3, -0.25) is 15.0 Å². The molecule has 1 aliphatic heterocycles. The molecule has 1 amide bonds. The van der Waals surface area contributed by atoms with Gasteiger partial charge in [0.05, 0.1) is 0 Å². The maximum atomic E-state index is 13.2. The number of hydrogen-bond acceptors (Lipinski definition) is 4. The Morgan fingerprint density at radius 2 is 1.67 bits per heavy atom. The second-order valence-electron chi connectivity index (χ2n) is 10.0. The van der Waals surface area contributed by atoms with Gasteiger partial charge in [-0.25, -0.2) is 0 Å². The lowest BCUT2D eigenvalue weighted by atomic mass is 9.99. The first-order valence-electron chi connectivity index (χ1n) is 13.2. The molecule has 0 bridgehead atoms. The van der Waals surface area contributed by atoms with Crippen molar-refractivity contribution in [1.29, 1.82) is 5.41 Å². The molecule has 39 heavy (non-hydrogen) atoms. The fraction of sp³-hybridized carbons (Fsp3) is 0.219. The van der Waals surface area contributed by atoms with Gasteiger partial charge < -0.3 is 20.6 Å². The molecule has 4 aromatic carbocycles. The van der Waals surface area contributed by atoms with E-state index in [-0.39, 0.29) is 18.3 Å². The van der Waals surface area contributed by atoms with Crippen LogP contribution in [0.3, 0.4) is 0 Å². The molecule has 4 N–H and O–H groups in total. The Balaban J connectivity index is 1.32. The zero-order valence-electron chi connectivity index (χ0n) is 21.8. The van der Waals surface area contributed by atoms with E-state index in [1.807, 2.05) is 58.3 Å². The summed E-state index contributed by atoms with van der Waals surface area (Å²) in [6.07, 6.45) is 2.70. The van der Waals surface area contributed by atoms with Crippen LogP contribution < -0.4 is 15.5 Å². The van der Waals surface area contributed by atoms with Crippen molar-refractivity contribution < 1.29 is 14.7 Å². The molecule has 7 heteroatoms. The number of nitrogen functional groups attached to an aromatic ring is 1. The number of rotatable bonds is 9. The highest BCUT2D eigenvalue weighted by molar-refractivity contribution is 5.96. The summed E-state index contributed by atoms with van der Waals surface area (Å²) in [5.41, 5.74) is 11.1. The molecule has 4 aromatic rings. The largest absolute Gasteiger partial charge is 0.480 e. The number of benzene rings is 4. The van der Waals surface area contributed by atoms with Gasteiger partial charge in [-0.15, -0.1) is 0 Å². The van der Waals surface area contributed by atoms with Crippen molar-refractivity contribution in [3.05, 3.63) is 107 Å². The van der Waals surface area contributed by atoms with Gasteiger partial charge >= 0.3 is 5.97 Å². The van der Waals surface area contributed by atoms with Crippen molar-refractivity contribution in [1.82, 2.24) is 0 Å². The number of nitrogens with zero attached hydrogens (tertiary/aromatic N) is 2. The van der Waals surface area contributed by atoms with Crippen LogP contribution >= 0.6 is 0 Å². The minimum Gasteiger partial charge on any atom is -0.480 e. The predicted molar refractivity (Wildman–Crippen MR) is 156 cm³/mol. The highest BCUT2D eigenvalue weighted by atomic mass is 16.4. The Hall–Kier alpha value is -4.65. The molecule has 198 valence electrons. The standard InChI is InChI=1S/C32H32N4O3/c33-32(34)25-12-7-22(8-13-25)10-16-30(37)36-17-3-6-27-19-28(14-15-29(27)36)35(21-31(38)39)20-23-9-11-24-4-1-2-5-26(24)18-23/h1-2,4-5,7-9,11-15,18-19H,3,6,10,16-17,20-21H2,(H3,33,34)(H,38,39). The van der Waals surface area contributed by atoms with Crippen LogP contribution in [0.5, 0.6) is 0 Å². The lowest BCUT2D eigenvalue weighted by molar-refractivity contribution is -0.135. The van der Waals surface area contributed by atoms with E-state index < -0.39 is 5.97 Å². The van der Waals surface area contributed by atoms with Crippen LogP contribution in [0.4, 0.5) is 11.4 Å². The summed E-state index contributed by atoms with van der Waals surface area (Å²) < 4.78 is 0. The highest BCUT2D eigenvalue weighted by Crippen LogP contribution is 2.32. The number of aryl methyl sites for hydroxylation is 2. The SMILES string of the molecule is N=C(N)c1ccc(CCC(=O)N2CCCc3cc(N(CC(=O)O)Cc4ccc5ccccc5c4)ccc32)cc1. The Morgan fingerprint density at radius 1 is 0.923 bits per heavy atom. The number of anilines is 2. The smallest absolute Gasteiger partial charge is 0.323 e. The number of hydrogen-bond donors (Lipinski definition) is 3. The van der Waals surface area contributed by atoms with Crippen LogP contribution in [-0.4, -0.2) is 35.9 Å². The second kappa shape index (κ2) is 11.4. The normalized spacial score (nSPS) is 12.7. The van der Waals surface area contributed by atoms with Gasteiger partial charge in [0.2, 0.25) is 5.91 Å². The summed E-state index contributed by atoms with van der Waals surface area (Å²) in [5.74, 6) is -0.791. The molecule has 1 heterocycles.